The van der Waals surface area contributed by atoms with Crippen molar-refractivity contribution in [2.45, 2.75) is 25.7 Å². The Hall–Kier alpha value is 1.28. The van der Waals surface area contributed by atoms with Crippen molar-refractivity contribution in [3.63, 3.8) is 0 Å². The van der Waals surface area contributed by atoms with Crippen molar-refractivity contribution in [2.75, 3.05) is 11.5 Å². The van der Waals surface area contributed by atoms with Crippen LogP contribution in [0, 0.1) is 0 Å². The van der Waals surface area contributed by atoms with Crippen LogP contribution in [0.4, 0.5) is 0 Å². The summed E-state index contributed by atoms with van der Waals surface area (Å²) >= 11 is 0. The van der Waals surface area contributed by atoms with Gasteiger partial charge < -0.3 is 0 Å². The number of rotatable bonds is 7. The van der Waals surface area contributed by atoms with Crippen LogP contribution in [-0.2, 0) is 0 Å². The van der Waals surface area contributed by atoms with Crippen molar-refractivity contribution in [3.8, 4) is 0 Å². The number of hydrogen-bond acceptors (Lipinski definition) is 2. The van der Waals surface area contributed by atoms with Gasteiger partial charge in [-0.05, 0) is 34.2 Å². The smallest absolute Gasteiger partial charge is 0.00852 e. The Morgan fingerprint density at radius 1 is 0.700 bits per heavy atom. The van der Waals surface area contributed by atoms with E-state index in [9.17, 15) is 0 Å². The minimum atomic E-state index is 1.08. The molecular formula is C6H12Cl2S2. The summed E-state index contributed by atoms with van der Waals surface area (Å²) < 4.78 is 0. The van der Waals surface area contributed by atoms with Crippen molar-refractivity contribution in [3.05, 3.63) is 0 Å². The summed E-state index contributed by atoms with van der Waals surface area (Å²) in [6, 6.07) is 0. The quantitative estimate of drug-likeness (QED) is 0.585. The molecule has 0 amide bonds. The lowest BCUT2D eigenvalue weighted by Gasteiger charge is -1.96. The van der Waals surface area contributed by atoms with Gasteiger partial charge in [-0.3, -0.25) is 0 Å². The monoisotopic (exact) mass is 218 g/mol. The van der Waals surface area contributed by atoms with E-state index < -0.39 is 0 Å². The van der Waals surface area contributed by atoms with E-state index in [2.05, 4.69) is 0 Å². The summed E-state index contributed by atoms with van der Waals surface area (Å²) in [4.78, 5) is 0. The third-order valence-electron chi connectivity index (χ3n) is 1.19. The molecular weight excluding hydrogens is 207 g/mol. The summed E-state index contributed by atoms with van der Waals surface area (Å²) in [5.74, 6) is 2.16. The molecule has 4 heteroatoms. The SMILES string of the molecule is ClSCCCCCCSCl. The zero-order valence-electron chi connectivity index (χ0n) is 5.82. The molecule has 0 aromatic rings. The lowest BCUT2D eigenvalue weighted by molar-refractivity contribution is 0.712. The van der Waals surface area contributed by atoms with E-state index in [4.69, 9.17) is 21.4 Å². The molecule has 0 heterocycles. The fraction of sp³-hybridized carbons (Fsp3) is 1.00. The van der Waals surface area contributed by atoms with Crippen LogP contribution in [0.15, 0.2) is 0 Å². The van der Waals surface area contributed by atoms with Gasteiger partial charge >= 0.3 is 0 Å². The molecule has 0 aliphatic rings. The second-order valence-corrected chi connectivity index (χ2v) is 4.60. The van der Waals surface area contributed by atoms with Crippen LogP contribution in [0.5, 0.6) is 0 Å². The van der Waals surface area contributed by atoms with Gasteiger partial charge in [0.15, 0.2) is 0 Å². The van der Waals surface area contributed by atoms with Gasteiger partial charge in [-0.25, -0.2) is 0 Å². The van der Waals surface area contributed by atoms with Crippen molar-refractivity contribution < 1.29 is 0 Å². The van der Waals surface area contributed by atoms with Crippen molar-refractivity contribution in [1.82, 2.24) is 0 Å². The maximum absolute atomic E-state index is 5.43. The van der Waals surface area contributed by atoms with Crippen molar-refractivity contribution >= 4 is 43.3 Å². The van der Waals surface area contributed by atoms with E-state index >= 15 is 0 Å². The molecule has 0 spiro atoms. The average Bonchev–Trinajstić information content (AvgIpc) is 1.97. The van der Waals surface area contributed by atoms with E-state index in [-0.39, 0.29) is 0 Å². The highest BCUT2D eigenvalue weighted by Crippen LogP contribution is 2.13. The molecule has 0 aliphatic heterocycles. The summed E-state index contributed by atoms with van der Waals surface area (Å²) in [5.41, 5.74) is 0. The zero-order valence-corrected chi connectivity index (χ0v) is 8.96. The molecule has 0 saturated heterocycles. The number of hydrogen-bond donors (Lipinski definition) is 0. The first kappa shape index (κ1) is 11.3. The predicted molar refractivity (Wildman–Crippen MR) is 55.1 cm³/mol. The summed E-state index contributed by atoms with van der Waals surface area (Å²) in [6.07, 6.45) is 5.05. The van der Waals surface area contributed by atoms with Crippen LogP contribution in [0.25, 0.3) is 0 Å². The Bertz CT molecular complexity index is 53.7. The third-order valence-corrected chi connectivity index (χ3v) is 3.00. The minimum Gasteiger partial charge on any atom is -0.0558 e. The fourth-order valence-corrected chi connectivity index (χ4v) is 1.95. The first-order valence-electron chi connectivity index (χ1n) is 3.39. The molecule has 0 aliphatic carbocycles. The molecule has 0 fully saturated rings. The Kier molecular flexibility index (Phi) is 11.6. The van der Waals surface area contributed by atoms with Gasteiger partial charge in [0.25, 0.3) is 0 Å². The lowest BCUT2D eigenvalue weighted by Crippen LogP contribution is -1.80. The topological polar surface area (TPSA) is 0 Å². The Labute approximate surface area is 80.4 Å². The van der Waals surface area contributed by atoms with E-state index in [1.54, 1.807) is 0 Å². The molecule has 0 N–H and O–H groups in total. The van der Waals surface area contributed by atoms with Crippen molar-refractivity contribution in [1.29, 1.82) is 0 Å². The normalized spacial score (nSPS) is 10.2. The lowest BCUT2D eigenvalue weighted by atomic mass is 10.2. The first-order chi connectivity index (χ1) is 4.91. The number of halogens is 2. The highest BCUT2D eigenvalue weighted by Gasteiger charge is 1.89. The predicted octanol–water partition coefficient (Wildman–Crippen LogP) is 4.32. The van der Waals surface area contributed by atoms with Gasteiger partial charge in [0.05, 0.1) is 0 Å². The van der Waals surface area contributed by atoms with Crippen LogP contribution < -0.4 is 0 Å². The molecule has 0 bridgehead atoms. The Balaban J connectivity index is 2.65. The van der Waals surface area contributed by atoms with Gasteiger partial charge in [0.2, 0.25) is 0 Å². The van der Waals surface area contributed by atoms with Gasteiger partial charge in [0, 0.05) is 11.5 Å². The molecule has 10 heavy (non-hydrogen) atoms. The Morgan fingerprint density at radius 3 is 1.40 bits per heavy atom. The molecule has 0 nitrogen and oxygen atoms in total. The van der Waals surface area contributed by atoms with Gasteiger partial charge in [0.1, 0.15) is 0 Å². The standard InChI is InChI=1S/C6H12Cl2S2/c7-9-5-3-1-2-4-6-10-8/h1-6H2. The molecule has 0 aromatic carbocycles. The second kappa shape index (κ2) is 10.3. The molecule has 0 aromatic heterocycles. The molecule has 0 atom stereocenters. The van der Waals surface area contributed by atoms with Crippen LogP contribution >= 0.6 is 43.3 Å². The molecule has 0 radical (unpaired) electrons. The van der Waals surface area contributed by atoms with Gasteiger partial charge in [-0.2, -0.15) is 0 Å². The van der Waals surface area contributed by atoms with Crippen molar-refractivity contribution in [2.24, 2.45) is 0 Å². The minimum absolute atomic E-state index is 1.08. The summed E-state index contributed by atoms with van der Waals surface area (Å²) in [5, 5.41) is 0. The van der Waals surface area contributed by atoms with E-state index in [1.165, 1.54) is 47.6 Å². The second-order valence-electron chi connectivity index (χ2n) is 2.04. The maximum Gasteiger partial charge on any atom is 0.00852 e. The molecule has 0 saturated carbocycles. The van der Waals surface area contributed by atoms with Gasteiger partial charge in [-0.15, -0.1) is 0 Å². The largest absolute Gasteiger partial charge is 0.0558 e. The van der Waals surface area contributed by atoms with E-state index in [0.717, 1.165) is 11.5 Å². The third kappa shape index (κ3) is 9.28. The summed E-state index contributed by atoms with van der Waals surface area (Å²) in [7, 11) is 13.7. The average molecular weight is 219 g/mol. The van der Waals surface area contributed by atoms with E-state index in [1.807, 2.05) is 0 Å². The highest BCUT2D eigenvalue weighted by atomic mass is 35.7. The molecule has 0 unspecified atom stereocenters. The molecule has 0 rings (SSSR count). The number of unbranched alkanes of at least 4 members (excludes halogenated alkanes) is 3. The zero-order chi connectivity index (χ0) is 7.66. The van der Waals surface area contributed by atoms with Crippen LogP contribution in [0.2, 0.25) is 0 Å². The highest BCUT2D eigenvalue weighted by molar-refractivity contribution is 8.21. The Morgan fingerprint density at radius 2 is 1.10 bits per heavy atom. The van der Waals surface area contributed by atoms with Gasteiger partial charge in [-0.1, -0.05) is 34.8 Å². The first-order valence-corrected chi connectivity index (χ1v) is 7.01. The van der Waals surface area contributed by atoms with E-state index in [0.29, 0.717) is 0 Å². The fourth-order valence-electron chi connectivity index (χ4n) is 0.667. The maximum atomic E-state index is 5.43. The molecule has 62 valence electrons. The van der Waals surface area contributed by atoms with Crippen LogP contribution in [0.1, 0.15) is 25.7 Å². The summed E-state index contributed by atoms with van der Waals surface area (Å²) in [6.45, 7) is 0. The van der Waals surface area contributed by atoms with Crippen LogP contribution in [-0.4, -0.2) is 11.5 Å². The van der Waals surface area contributed by atoms with Crippen LogP contribution in [0.3, 0.4) is 0 Å².